The summed E-state index contributed by atoms with van der Waals surface area (Å²) < 4.78 is 5.85. The van der Waals surface area contributed by atoms with Gasteiger partial charge in [0.2, 0.25) is 0 Å². The van der Waals surface area contributed by atoms with E-state index in [1.54, 1.807) is 30.3 Å². The molecule has 32 heavy (non-hydrogen) atoms. The molecule has 3 fully saturated rings. The Morgan fingerprint density at radius 2 is 1.78 bits per heavy atom. The monoisotopic (exact) mass is 434 g/mol. The molecule has 0 amide bonds. The van der Waals surface area contributed by atoms with E-state index in [1.165, 1.54) is 51.0 Å². The topological polar surface area (TPSA) is 46.5 Å². The van der Waals surface area contributed by atoms with E-state index in [9.17, 15) is 9.90 Å². The summed E-state index contributed by atoms with van der Waals surface area (Å²) in [5.74, 6) is 1.34. The third kappa shape index (κ3) is 3.53. The molecule has 1 spiro atoms. The average molecular weight is 435 g/mol. The molecule has 3 heteroatoms. The van der Waals surface area contributed by atoms with Gasteiger partial charge in [0.05, 0.1) is 6.61 Å². The molecular formula is C29H38O3. The fraction of sp³-hybridized carbons (Fsp3) is 0.621. The summed E-state index contributed by atoms with van der Waals surface area (Å²) in [5.41, 5.74) is 2.12. The number of carbonyl (C=O) groups excluding carboxylic acids is 1. The SMILES string of the molecule is C[C@]12C=C[C@]3(CC[C@@H]4[C@](C)(COC(=O)/C=C/c5ccc(O)cc5)CCC[C@@]4(C)[C@H]3CC1)C2. The van der Waals surface area contributed by atoms with Crippen molar-refractivity contribution in [2.24, 2.45) is 33.5 Å². The van der Waals surface area contributed by atoms with Crippen molar-refractivity contribution in [2.75, 3.05) is 6.61 Å². The van der Waals surface area contributed by atoms with Crippen LogP contribution in [-0.4, -0.2) is 17.7 Å². The summed E-state index contributed by atoms with van der Waals surface area (Å²) in [6.45, 7) is 7.92. The maximum atomic E-state index is 12.5. The molecule has 0 radical (unpaired) electrons. The van der Waals surface area contributed by atoms with Gasteiger partial charge in [0.25, 0.3) is 0 Å². The van der Waals surface area contributed by atoms with Crippen LogP contribution < -0.4 is 0 Å². The number of rotatable bonds is 4. The molecule has 3 saturated carbocycles. The van der Waals surface area contributed by atoms with E-state index >= 15 is 0 Å². The van der Waals surface area contributed by atoms with Crippen LogP contribution in [0.3, 0.4) is 0 Å². The molecule has 5 rings (SSSR count). The van der Waals surface area contributed by atoms with Crippen LogP contribution in [-0.2, 0) is 9.53 Å². The number of ether oxygens (including phenoxy) is 1. The van der Waals surface area contributed by atoms with Gasteiger partial charge >= 0.3 is 5.97 Å². The quantitative estimate of drug-likeness (QED) is 0.318. The second kappa shape index (κ2) is 7.50. The molecule has 4 aliphatic carbocycles. The van der Waals surface area contributed by atoms with Gasteiger partial charge in [-0.05, 0) is 96.8 Å². The minimum absolute atomic E-state index is 0.0553. The highest BCUT2D eigenvalue weighted by molar-refractivity contribution is 5.87. The van der Waals surface area contributed by atoms with Crippen LogP contribution in [0, 0.1) is 33.5 Å². The van der Waals surface area contributed by atoms with E-state index < -0.39 is 0 Å². The van der Waals surface area contributed by atoms with E-state index in [2.05, 4.69) is 32.9 Å². The first-order valence-corrected chi connectivity index (χ1v) is 12.5. The van der Waals surface area contributed by atoms with E-state index in [-0.39, 0.29) is 17.1 Å². The number of fused-ring (bicyclic) bond motifs is 3. The number of benzene rings is 1. The fourth-order valence-electron chi connectivity index (χ4n) is 8.47. The van der Waals surface area contributed by atoms with Crippen LogP contribution in [0.4, 0.5) is 0 Å². The maximum absolute atomic E-state index is 12.5. The zero-order chi connectivity index (χ0) is 22.6. The molecule has 0 unspecified atom stereocenters. The van der Waals surface area contributed by atoms with Crippen LogP contribution in [0.1, 0.15) is 77.7 Å². The minimum atomic E-state index is -0.272. The Balaban J connectivity index is 1.29. The Morgan fingerprint density at radius 1 is 1.03 bits per heavy atom. The lowest BCUT2D eigenvalue weighted by molar-refractivity contribution is -0.168. The number of esters is 1. The van der Waals surface area contributed by atoms with Crippen LogP contribution in [0.2, 0.25) is 0 Å². The number of phenols is 1. The predicted molar refractivity (Wildman–Crippen MR) is 128 cm³/mol. The van der Waals surface area contributed by atoms with Crippen LogP contribution in [0.25, 0.3) is 6.08 Å². The zero-order valence-electron chi connectivity index (χ0n) is 19.9. The van der Waals surface area contributed by atoms with Crippen molar-refractivity contribution in [1.29, 1.82) is 0 Å². The Bertz CT molecular complexity index is 946. The molecule has 1 N–H and O–H groups in total. The van der Waals surface area contributed by atoms with Crippen molar-refractivity contribution >= 4 is 12.0 Å². The van der Waals surface area contributed by atoms with Gasteiger partial charge in [-0.2, -0.15) is 0 Å². The van der Waals surface area contributed by atoms with Crippen LogP contribution in [0.5, 0.6) is 5.75 Å². The first kappa shape index (κ1) is 21.8. The van der Waals surface area contributed by atoms with E-state index in [0.717, 1.165) is 17.9 Å². The van der Waals surface area contributed by atoms with Crippen molar-refractivity contribution in [3.8, 4) is 5.75 Å². The molecule has 0 heterocycles. The normalized spacial score (nSPS) is 42.5. The highest BCUT2D eigenvalue weighted by Crippen LogP contribution is 2.71. The lowest BCUT2D eigenvalue weighted by Crippen LogP contribution is -2.58. The Morgan fingerprint density at radius 3 is 2.56 bits per heavy atom. The summed E-state index contributed by atoms with van der Waals surface area (Å²) in [7, 11) is 0. The lowest BCUT2D eigenvalue weighted by Gasteiger charge is -2.64. The summed E-state index contributed by atoms with van der Waals surface area (Å²) in [5, 5.41) is 9.41. The highest BCUT2D eigenvalue weighted by atomic mass is 16.5. The highest BCUT2D eigenvalue weighted by Gasteiger charge is 2.63. The van der Waals surface area contributed by atoms with Gasteiger partial charge in [0.1, 0.15) is 5.75 Å². The molecule has 6 atom stereocenters. The second-order valence-electron chi connectivity index (χ2n) is 12.1. The molecule has 1 aromatic rings. The molecule has 172 valence electrons. The predicted octanol–water partition coefficient (Wildman–Crippen LogP) is 6.92. The first-order valence-electron chi connectivity index (χ1n) is 12.5. The molecule has 0 aliphatic heterocycles. The molecule has 3 nitrogen and oxygen atoms in total. The number of hydrogen-bond acceptors (Lipinski definition) is 3. The number of phenolic OH excluding ortho intramolecular Hbond substituents is 1. The third-order valence-electron chi connectivity index (χ3n) is 9.89. The van der Waals surface area contributed by atoms with Crippen molar-refractivity contribution < 1.29 is 14.6 Å². The molecule has 1 aromatic carbocycles. The Labute approximate surface area is 192 Å². The Hall–Kier alpha value is -2.03. The van der Waals surface area contributed by atoms with Gasteiger partial charge in [-0.15, -0.1) is 0 Å². The van der Waals surface area contributed by atoms with Crippen LogP contribution in [0.15, 0.2) is 42.5 Å². The summed E-state index contributed by atoms with van der Waals surface area (Å²) in [6.07, 6.45) is 18.7. The zero-order valence-corrected chi connectivity index (χ0v) is 19.9. The number of aromatic hydroxyl groups is 1. The van der Waals surface area contributed by atoms with E-state index in [1.807, 2.05) is 0 Å². The van der Waals surface area contributed by atoms with E-state index in [4.69, 9.17) is 4.74 Å². The van der Waals surface area contributed by atoms with Gasteiger partial charge < -0.3 is 9.84 Å². The van der Waals surface area contributed by atoms with E-state index in [0.29, 0.717) is 28.8 Å². The maximum Gasteiger partial charge on any atom is 0.330 e. The number of carbonyl (C=O) groups is 1. The largest absolute Gasteiger partial charge is 0.508 e. The fourth-order valence-corrected chi connectivity index (χ4v) is 8.47. The van der Waals surface area contributed by atoms with Gasteiger partial charge in [0, 0.05) is 11.5 Å². The lowest BCUT2D eigenvalue weighted by atomic mass is 9.40. The third-order valence-corrected chi connectivity index (χ3v) is 9.89. The first-order chi connectivity index (χ1) is 15.2. The van der Waals surface area contributed by atoms with Gasteiger partial charge in [-0.25, -0.2) is 4.79 Å². The van der Waals surface area contributed by atoms with Crippen molar-refractivity contribution in [3.05, 3.63) is 48.1 Å². The number of allylic oxidation sites excluding steroid dienone is 2. The molecular weight excluding hydrogens is 396 g/mol. The van der Waals surface area contributed by atoms with Gasteiger partial charge in [-0.3, -0.25) is 0 Å². The second-order valence-corrected chi connectivity index (χ2v) is 12.1. The summed E-state index contributed by atoms with van der Waals surface area (Å²) in [4.78, 5) is 12.5. The molecule has 2 bridgehead atoms. The number of hydrogen-bond donors (Lipinski definition) is 1. The van der Waals surface area contributed by atoms with Crippen molar-refractivity contribution in [3.63, 3.8) is 0 Å². The Kier molecular flexibility index (Phi) is 5.11. The van der Waals surface area contributed by atoms with Gasteiger partial charge in [-0.1, -0.05) is 51.5 Å². The van der Waals surface area contributed by atoms with Crippen LogP contribution >= 0.6 is 0 Å². The molecule has 4 aliphatic rings. The van der Waals surface area contributed by atoms with Crippen molar-refractivity contribution in [1.82, 2.24) is 0 Å². The summed E-state index contributed by atoms with van der Waals surface area (Å²) in [6, 6.07) is 6.82. The molecule has 0 saturated heterocycles. The smallest absolute Gasteiger partial charge is 0.330 e. The van der Waals surface area contributed by atoms with Gasteiger partial charge in [0.15, 0.2) is 0 Å². The minimum Gasteiger partial charge on any atom is -0.508 e. The van der Waals surface area contributed by atoms with Crippen molar-refractivity contribution in [2.45, 2.75) is 72.1 Å². The molecule has 0 aromatic heterocycles. The average Bonchev–Trinajstić information content (AvgIpc) is 3.00. The standard InChI is InChI=1S/C29H38O3/c1-26-15-11-24-28(3)14-4-13-27(2,23(28)12-16-29(24,19-26)18-17-26)20-32-25(31)10-7-21-5-8-22(30)9-6-21/h5-10,17-18,23-24,30H,4,11-16,19-20H2,1-3H3/b10-7+/t23-,24-,26-,27+,28-,29-/m1/s1. The summed E-state index contributed by atoms with van der Waals surface area (Å²) >= 11 is 0.